The van der Waals surface area contributed by atoms with Gasteiger partial charge in [0.15, 0.2) is 0 Å². The van der Waals surface area contributed by atoms with Crippen molar-refractivity contribution >= 4 is 17.2 Å². The van der Waals surface area contributed by atoms with Crippen LogP contribution in [0, 0.1) is 0 Å². The average molecular weight is 282 g/mol. The summed E-state index contributed by atoms with van der Waals surface area (Å²) in [6, 6.07) is 4.09. The Morgan fingerprint density at radius 1 is 1.63 bits per heavy atom. The summed E-state index contributed by atoms with van der Waals surface area (Å²) in [6.45, 7) is 4.84. The molecule has 4 nitrogen and oxygen atoms in total. The molecule has 1 N–H and O–H groups in total. The largest absolute Gasteiger partial charge is 0.383 e. The second-order valence-corrected chi connectivity index (χ2v) is 6.19. The zero-order chi connectivity index (χ0) is 13.7. The third kappa shape index (κ3) is 3.55. The van der Waals surface area contributed by atoms with Gasteiger partial charge in [0.1, 0.15) is 0 Å². The summed E-state index contributed by atoms with van der Waals surface area (Å²) in [7, 11) is 1.67. The molecule has 0 spiro atoms. The highest BCUT2D eigenvalue weighted by molar-refractivity contribution is 7.09. The van der Waals surface area contributed by atoms with Gasteiger partial charge in [-0.3, -0.25) is 4.79 Å². The van der Waals surface area contributed by atoms with Crippen LogP contribution >= 0.6 is 11.3 Å². The Morgan fingerprint density at radius 3 is 3.05 bits per heavy atom. The Balaban J connectivity index is 2.05. The molecule has 1 saturated heterocycles. The van der Waals surface area contributed by atoms with E-state index in [1.54, 1.807) is 18.4 Å². The molecule has 1 amide bonds. The van der Waals surface area contributed by atoms with Gasteiger partial charge in [-0.15, -0.1) is 11.3 Å². The lowest BCUT2D eigenvalue weighted by molar-refractivity contribution is -0.138. The van der Waals surface area contributed by atoms with E-state index in [1.807, 2.05) is 23.3 Å². The fraction of sp³-hybridized carbons (Fsp3) is 0.643. The maximum absolute atomic E-state index is 12.7. The zero-order valence-corrected chi connectivity index (χ0v) is 12.5. The quantitative estimate of drug-likeness (QED) is 0.866. The summed E-state index contributed by atoms with van der Waals surface area (Å²) in [5, 5.41) is 5.39. The number of carbonyl (C=O) groups is 1. The zero-order valence-electron chi connectivity index (χ0n) is 11.6. The van der Waals surface area contributed by atoms with Crippen molar-refractivity contribution in [3.63, 3.8) is 0 Å². The first-order valence-electron chi connectivity index (χ1n) is 6.71. The molecule has 1 fully saturated rings. The first-order chi connectivity index (χ1) is 9.15. The minimum atomic E-state index is -0.398. The average Bonchev–Trinajstić information content (AvgIpc) is 3.06. The van der Waals surface area contributed by atoms with E-state index in [9.17, 15) is 4.79 Å². The van der Waals surface area contributed by atoms with Gasteiger partial charge in [-0.05, 0) is 37.8 Å². The van der Waals surface area contributed by atoms with Crippen LogP contribution in [0.3, 0.4) is 0 Å². The summed E-state index contributed by atoms with van der Waals surface area (Å²) in [6.07, 6.45) is 1.99. The van der Waals surface area contributed by atoms with Crippen LogP contribution in [-0.2, 0) is 16.1 Å². The lowest BCUT2D eigenvalue weighted by Crippen LogP contribution is -2.53. The van der Waals surface area contributed by atoms with Crippen LogP contribution in [0.25, 0.3) is 0 Å². The molecule has 1 unspecified atom stereocenters. The van der Waals surface area contributed by atoms with Crippen molar-refractivity contribution in [2.24, 2.45) is 0 Å². The number of nitrogens with zero attached hydrogens (tertiary/aromatic N) is 1. The van der Waals surface area contributed by atoms with Crippen LogP contribution in [0.1, 0.15) is 24.6 Å². The van der Waals surface area contributed by atoms with E-state index >= 15 is 0 Å². The van der Waals surface area contributed by atoms with Gasteiger partial charge in [-0.2, -0.15) is 0 Å². The molecule has 0 bridgehead atoms. The smallest absolute Gasteiger partial charge is 0.242 e. The maximum atomic E-state index is 12.7. The highest BCUT2D eigenvalue weighted by Gasteiger charge is 2.38. The SMILES string of the molecule is COCCN(Cc1cccs1)C(=O)C1(C)CCCN1. The van der Waals surface area contributed by atoms with Gasteiger partial charge in [0.25, 0.3) is 0 Å². The molecule has 1 aromatic rings. The molecule has 106 valence electrons. The number of methoxy groups -OCH3 is 1. The van der Waals surface area contributed by atoms with Crippen LogP contribution in [0.5, 0.6) is 0 Å². The maximum Gasteiger partial charge on any atom is 0.242 e. The second kappa shape index (κ2) is 6.50. The van der Waals surface area contributed by atoms with Crippen molar-refractivity contribution in [3.05, 3.63) is 22.4 Å². The number of hydrogen-bond acceptors (Lipinski definition) is 4. The second-order valence-electron chi connectivity index (χ2n) is 5.16. The van der Waals surface area contributed by atoms with Gasteiger partial charge >= 0.3 is 0 Å². The van der Waals surface area contributed by atoms with Crippen molar-refractivity contribution in [1.29, 1.82) is 0 Å². The Labute approximate surface area is 118 Å². The first kappa shape index (κ1) is 14.5. The van der Waals surface area contributed by atoms with E-state index in [1.165, 1.54) is 4.88 Å². The van der Waals surface area contributed by atoms with E-state index in [2.05, 4.69) is 11.4 Å². The van der Waals surface area contributed by atoms with Crippen molar-refractivity contribution in [2.75, 3.05) is 26.8 Å². The first-order valence-corrected chi connectivity index (χ1v) is 7.59. The number of ether oxygens (including phenoxy) is 1. The molecule has 0 radical (unpaired) electrons. The fourth-order valence-corrected chi connectivity index (χ4v) is 3.19. The fourth-order valence-electron chi connectivity index (χ4n) is 2.47. The molecule has 5 heteroatoms. The minimum absolute atomic E-state index is 0.190. The van der Waals surface area contributed by atoms with Crippen LogP contribution in [0.4, 0.5) is 0 Å². The number of thiophene rings is 1. The third-order valence-corrected chi connectivity index (χ3v) is 4.48. The number of carbonyl (C=O) groups excluding carboxylic acids is 1. The molecule has 0 saturated carbocycles. The van der Waals surface area contributed by atoms with Gasteiger partial charge < -0.3 is 15.0 Å². The van der Waals surface area contributed by atoms with E-state index in [0.29, 0.717) is 19.7 Å². The summed E-state index contributed by atoms with van der Waals surface area (Å²) in [5.41, 5.74) is -0.398. The molecule has 2 rings (SSSR count). The molecule has 0 aromatic carbocycles. The Bertz CT molecular complexity index is 400. The Kier molecular flexibility index (Phi) is 4.96. The molecular weight excluding hydrogens is 260 g/mol. The highest BCUT2D eigenvalue weighted by atomic mass is 32.1. The normalized spacial score (nSPS) is 22.6. The van der Waals surface area contributed by atoms with Crippen LogP contribution in [-0.4, -0.2) is 43.2 Å². The van der Waals surface area contributed by atoms with Crippen LogP contribution in [0.2, 0.25) is 0 Å². The Morgan fingerprint density at radius 2 is 2.47 bits per heavy atom. The predicted octanol–water partition coefficient (Wildman–Crippen LogP) is 1.87. The summed E-state index contributed by atoms with van der Waals surface area (Å²) in [5.74, 6) is 0.190. The highest BCUT2D eigenvalue weighted by Crippen LogP contribution is 2.23. The van der Waals surface area contributed by atoms with Gasteiger partial charge in [0.05, 0.1) is 18.7 Å². The Hall–Kier alpha value is -0.910. The molecule has 1 aliphatic rings. The standard InChI is InChI=1S/C14H22N2O2S/c1-14(6-4-7-15-14)13(17)16(8-9-18-2)11-12-5-3-10-19-12/h3,5,10,15H,4,6-9,11H2,1-2H3. The molecule has 1 aromatic heterocycles. The van der Waals surface area contributed by atoms with Crippen molar-refractivity contribution in [3.8, 4) is 0 Å². The van der Waals surface area contributed by atoms with E-state index in [-0.39, 0.29) is 5.91 Å². The van der Waals surface area contributed by atoms with E-state index in [0.717, 1.165) is 19.4 Å². The van der Waals surface area contributed by atoms with Gasteiger partial charge in [0.2, 0.25) is 5.91 Å². The minimum Gasteiger partial charge on any atom is -0.383 e. The summed E-state index contributed by atoms with van der Waals surface area (Å²) in [4.78, 5) is 15.8. The predicted molar refractivity (Wildman–Crippen MR) is 77.3 cm³/mol. The molecular formula is C14H22N2O2S. The molecule has 19 heavy (non-hydrogen) atoms. The van der Waals surface area contributed by atoms with Crippen LogP contribution < -0.4 is 5.32 Å². The number of amides is 1. The van der Waals surface area contributed by atoms with E-state index < -0.39 is 5.54 Å². The molecule has 2 heterocycles. The summed E-state index contributed by atoms with van der Waals surface area (Å²) >= 11 is 1.69. The summed E-state index contributed by atoms with van der Waals surface area (Å²) < 4.78 is 5.13. The third-order valence-electron chi connectivity index (χ3n) is 3.62. The number of hydrogen-bond donors (Lipinski definition) is 1. The van der Waals surface area contributed by atoms with Crippen molar-refractivity contribution < 1.29 is 9.53 Å². The lowest BCUT2D eigenvalue weighted by Gasteiger charge is -2.31. The lowest BCUT2D eigenvalue weighted by atomic mass is 9.98. The molecule has 1 atom stereocenters. The van der Waals surface area contributed by atoms with Crippen molar-refractivity contribution in [1.82, 2.24) is 10.2 Å². The van der Waals surface area contributed by atoms with Gasteiger partial charge in [0, 0.05) is 18.5 Å². The van der Waals surface area contributed by atoms with E-state index in [4.69, 9.17) is 4.74 Å². The van der Waals surface area contributed by atoms with Crippen molar-refractivity contribution in [2.45, 2.75) is 31.8 Å². The number of rotatable bonds is 6. The number of nitrogens with one attached hydrogen (secondary N) is 1. The van der Waals surface area contributed by atoms with Crippen LogP contribution in [0.15, 0.2) is 17.5 Å². The van der Waals surface area contributed by atoms with Gasteiger partial charge in [-0.1, -0.05) is 6.07 Å². The monoisotopic (exact) mass is 282 g/mol. The molecule has 1 aliphatic heterocycles. The van der Waals surface area contributed by atoms with Gasteiger partial charge in [-0.25, -0.2) is 0 Å². The topological polar surface area (TPSA) is 41.6 Å². The molecule has 0 aliphatic carbocycles.